The Morgan fingerprint density at radius 1 is 1.45 bits per heavy atom. The SMILES string of the molecule is C=CC[C@@H](C(=O)OCC)[C@H](OC1CCCCO1)C(C)=O. The number of carbonyl (C=O) groups excluding carboxylic acids is 2. The van der Waals surface area contributed by atoms with Crippen LogP contribution in [0.2, 0.25) is 0 Å². The third-order valence-corrected chi connectivity index (χ3v) is 3.21. The minimum atomic E-state index is -0.838. The molecule has 20 heavy (non-hydrogen) atoms. The van der Waals surface area contributed by atoms with Gasteiger partial charge in [0, 0.05) is 6.61 Å². The number of rotatable bonds is 8. The summed E-state index contributed by atoms with van der Waals surface area (Å²) in [7, 11) is 0. The van der Waals surface area contributed by atoms with Crippen molar-refractivity contribution in [1.29, 1.82) is 0 Å². The number of allylic oxidation sites excluding steroid dienone is 1. The maximum atomic E-state index is 12.0. The molecule has 0 aromatic heterocycles. The van der Waals surface area contributed by atoms with E-state index in [1.165, 1.54) is 6.92 Å². The van der Waals surface area contributed by atoms with Crippen LogP contribution in [0.25, 0.3) is 0 Å². The van der Waals surface area contributed by atoms with E-state index in [-0.39, 0.29) is 12.4 Å². The highest BCUT2D eigenvalue weighted by molar-refractivity contribution is 5.87. The fraction of sp³-hybridized carbons (Fsp3) is 0.733. The maximum Gasteiger partial charge on any atom is 0.312 e. The van der Waals surface area contributed by atoms with E-state index in [1.54, 1.807) is 13.0 Å². The lowest BCUT2D eigenvalue weighted by Crippen LogP contribution is -2.41. The van der Waals surface area contributed by atoms with Gasteiger partial charge in [-0.3, -0.25) is 9.59 Å². The van der Waals surface area contributed by atoms with Crippen LogP contribution in [0, 0.1) is 5.92 Å². The highest BCUT2D eigenvalue weighted by Crippen LogP contribution is 2.22. The molecule has 5 heteroatoms. The summed E-state index contributed by atoms with van der Waals surface area (Å²) in [6.07, 6.45) is 3.43. The molecule has 0 bridgehead atoms. The molecule has 0 spiro atoms. The van der Waals surface area contributed by atoms with Crippen molar-refractivity contribution in [2.24, 2.45) is 5.92 Å². The van der Waals surface area contributed by atoms with Crippen molar-refractivity contribution in [2.45, 2.75) is 51.9 Å². The van der Waals surface area contributed by atoms with Crippen LogP contribution in [0.15, 0.2) is 12.7 Å². The third kappa shape index (κ3) is 5.06. The molecule has 0 N–H and O–H groups in total. The molecule has 1 heterocycles. The molecule has 0 amide bonds. The Morgan fingerprint density at radius 3 is 2.70 bits per heavy atom. The van der Waals surface area contributed by atoms with Gasteiger partial charge in [0.05, 0.1) is 12.5 Å². The molecule has 0 aromatic carbocycles. The van der Waals surface area contributed by atoms with E-state index in [9.17, 15) is 9.59 Å². The van der Waals surface area contributed by atoms with Crippen molar-refractivity contribution in [2.75, 3.05) is 13.2 Å². The largest absolute Gasteiger partial charge is 0.466 e. The number of Topliss-reactive ketones (excluding diaryl/α,β-unsaturated/α-hetero) is 1. The Bertz CT molecular complexity index is 333. The molecule has 5 nitrogen and oxygen atoms in total. The lowest BCUT2D eigenvalue weighted by atomic mass is 9.95. The average Bonchev–Trinajstić information content (AvgIpc) is 2.43. The summed E-state index contributed by atoms with van der Waals surface area (Å²) in [5.74, 6) is -1.28. The summed E-state index contributed by atoms with van der Waals surface area (Å²) in [5.41, 5.74) is 0. The zero-order valence-electron chi connectivity index (χ0n) is 12.3. The molecular formula is C15H24O5. The molecular weight excluding hydrogens is 260 g/mol. The van der Waals surface area contributed by atoms with Gasteiger partial charge < -0.3 is 14.2 Å². The first kappa shape index (κ1) is 16.9. The van der Waals surface area contributed by atoms with Gasteiger partial charge in [-0.15, -0.1) is 6.58 Å². The average molecular weight is 284 g/mol. The van der Waals surface area contributed by atoms with Crippen LogP contribution in [-0.2, 0) is 23.8 Å². The summed E-state index contributed by atoms with van der Waals surface area (Å²) >= 11 is 0. The summed E-state index contributed by atoms with van der Waals surface area (Å²) < 4.78 is 16.2. The second kappa shape index (κ2) is 8.87. The number of ether oxygens (including phenoxy) is 3. The normalized spacial score (nSPS) is 21.8. The molecule has 1 rings (SSSR count). The Kier molecular flexibility index (Phi) is 7.47. The molecule has 1 unspecified atom stereocenters. The molecule has 1 aliphatic heterocycles. The Labute approximate surface area is 120 Å². The Hall–Kier alpha value is -1.20. The van der Waals surface area contributed by atoms with Crippen LogP contribution < -0.4 is 0 Å². The quantitative estimate of drug-likeness (QED) is 0.505. The topological polar surface area (TPSA) is 61.8 Å². The first-order valence-corrected chi connectivity index (χ1v) is 7.15. The zero-order valence-corrected chi connectivity index (χ0v) is 12.3. The van der Waals surface area contributed by atoms with Crippen LogP contribution in [0.5, 0.6) is 0 Å². The van der Waals surface area contributed by atoms with Crippen molar-refractivity contribution in [3.05, 3.63) is 12.7 Å². The van der Waals surface area contributed by atoms with Gasteiger partial charge in [-0.2, -0.15) is 0 Å². The molecule has 3 atom stereocenters. The number of esters is 1. The van der Waals surface area contributed by atoms with Crippen molar-refractivity contribution in [3.63, 3.8) is 0 Å². The van der Waals surface area contributed by atoms with Gasteiger partial charge >= 0.3 is 5.97 Å². The van der Waals surface area contributed by atoms with E-state index in [4.69, 9.17) is 14.2 Å². The standard InChI is InChI=1S/C15H24O5/c1-4-8-12(15(17)18-5-2)14(11(3)16)20-13-9-6-7-10-19-13/h4,12-14H,1,5-10H2,2-3H3/t12-,13?,14-/m1/s1. The lowest BCUT2D eigenvalue weighted by molar-refractivity contribution is -0.203. The van der Waals surface area contributed by atoms with E-state index >= 15 is 0 Å². The van der Waals surface area contributed by atoms with Crippen LogP contribution in [0.4, 0.5) is 0 Å². The van der Waals surface area contributed by atoms with Gasteiger partial charge in [0.25, 0.3) is 0 Å². The molecule has 1 saturated heterocycles. The Morgan fingerprint density at radius 2 is 2.20 bits per heavy atom. The van der Waals surface area contributed by atoms with E-state index in [1.807, 2.05) is 0 Å². The van der Waals surface area contributed by atoms with Crippen molar-refractivity contribution in [1.82, 2.24) is 0 Å². The van der Waals surface area contributed by atoms with Gasteiger partial charge in [0.15, 0.2) is 12.1 Å². The molecule has 1 aliphatic rings. The second-order valence-corrected chi connectivity index (χ2v) is 4.85. The van der Waals surface area contributed by atoms with Crippen LogP contribution >= 0.6 is 0 Å². The van der Waals surface area contributed by atoms with Crippen LogP contribution in [0.1, 0.15) is 39.5 Å². The van der Waals surface area contributed by atoms with Crippen molar-refractivity contribution < 1.29 is 23.8 Å². The smallest absolute Gasteiger partial charge is 0.312 e. The van der Waals surface area contributed by atoms with Gasteiger partial charge in [0.1, 0.15) is 6.10 Å². The minimum Gasteiger partial charge on any atom is -0.466 e. The van der Waals surface area contributed by atoms with Crippen molar-refractivity contribution >= 4 is 11.8 Å². The fourth-order valence-corrected chi connectivity index (χ4v) is 2.23. The summed E-state index contributed by atoms with van der Waals surface area (Å²) in [6.45, 7) is 7.68. The van der Waals surface area contributed by atoms with Gasteiger partial charge in [-0.1, -0.05) is 6.08 Å². The number of hydrogen-bond acceptors (Lipinski definition) is 5. The first-order valence-electron chi connectivity index (χ1n) is 7.15. The summed E-state index contributed by atoms with van der Waals surface area (Å²) in [6, 6.07) is 0. The summed E-state index contributed by atoms with van der Waals surface area (Å²) in [5, 5.41) is 0. The highest BCUT2D eigenvalue weighted by Gasteiger charge is 2.35. The predicted octanol–water partition coefficient (Wildman–Crippen LogP) is 2.24. The predicted molar refractivity (Wildman–Crippen MR) is 74.1 cm³/mol. The van der Waals surface area contributed by atoms with Crippen molar-refractivity contribution in [3.8, 4) is 0 Å². The highest BCUT2D eigenvalue weighted by atomic mass is 16.7. The van der Waals surface area contributed by atoms with E-state index < -0.39 is 24.3 Å². The second-order valence-electron chi connectivity index (χ2n) is 4.85. The van der Waals surface area contributed by atoms with E-state index in [2.05, 4.69) is 6.58 Å². The number of hydrogen-bond donors (Lipinski definition) is 0. The van der Waals surface area contributed by atoms with Gasteiger partial charge in [-0.05, 0) is 39.5 Å². The first-order chi connectivity index (χ1) is 9.60. The van der Waals surface area contributed by atoms with Gasteiger partial charge in [-0.25, -0.2) is 0 Å². The summed E-state index contributed by atoms with van der Waals surface area (Å²) in [4.78, 5) is 23.8. The van der Waals surface area contributed by atoms with Crippen LogP contribution in [-0.4, -0.2) is 37.4 Å². The van der Waals surface area contributed by atoms with Gasteiger partial charge in [0.2, 0.25) is 0 Å². The zero-order chi connectivity index (χ0) is 15.0. The fourth-order valence-electron chi connectivity index (χ4n) is 2.23. The Balaban J connectivity index is 2.75. The van der Waals surface area contributed by atoms with E-state index in [0.717, 1.165) is 19.3 Å². The van der Waals surface area contributed by atoms with Crippen LogP contribution in [0.3, 0.4) is 0 Å². The molecule has 114 valence electrons. The third-order valence-electron chi connectivity index (χ3n) is 3.21. The molecule has 1 fully saturated rings. The van der Waals surface area contributed by atoms with E-state index in [0.29, 0.717) is 13.0 Å². The monoisotopic (exact) mass is 284 g/mol. The number of carbonyl (C=O) groups is 2. The lowest BCUT2D eigenvalue weighted by Gasteiger charge is -2.29. The molecule has 0 aliphatic carbocycles. The number of ketones is 1. The minimum absolute atomic E-state index is 0.195. The molecule has 0 radical (unpaired) electrons. The maximum absolute atomic E-state index is 12.0. The molecule has 0 aromatic rings. The molecule has 0 saturated carbocycles.